The highest BCUT2D eigenvalue weighted by molar-refractivity contribution is 5.94. The average Bonchev–Trinajstić information content (AvgIpc) is 2.39. The summed E-state index contributed by atoms with van der Waals surface area (Å²) in [4.78, 5) is 11.1. The van der Waals surface area contributed by atoms with Crippen LogP contribution in [0.1, 0.15) is 56.8 Å². The molecular formula is C16H24O2. The molecule has 0 spiro atoms. The average molecular weight is 248 g/mol. The Balaban J connectivity index is 2.44. The summed E-state index contributed by atoms with van der Waals surface area (Å²) in [6, 6.07) is 7.40. The normalized spacial score (nSPS) is 12.2. The fourth-order valence-electron chi connectivity index (χ4n) is 1.90. The molecule has 0 bridgehead atoms. The van der Waals surface area contributed by atoms with E-state index >= 15 is 0 Å². The number of unbranched alkanes of at least 4 members (excludes halogenated alkanes) is 1. The fraction of sp³-hybridized carbons (Fsp3) is 0.562. The van der Waals surface area contributed by atoms with Crippen molar-refractivity contribution in [3.8, 4) is 5.75 Å². The standard InChI is InChI=1S/C16H24O2/c1-4-6-7-14(5-2)12-18-16-10-8-15(9-11-16)13(3)17/h8-11,14H,4-7,12H2,1-3H3. The zero-order valence-electron chi connectivity index (χ0n) is 11.7. The van der Waals surface area contributed by atoms with Gasteiger partial charge in [-0.1, -0.05) is 33.1 Å². The van der Waals surface area contributed by atoms with Crippen molar-refractivity contribution in [2.75, 3.05) is 6.61 Å². The maximum absolute atomic E-state index is 11.1. The van der Waals surface area contributed by atoms with Crippen LogP contribution in [0, 0.1) is 5.92 Å². The van der Waals surface area contributed by atoms with E-state index in [1.54, 1.807) is 6.92 Å². The molecule has 0 saturated heterocycles. The minimum atomic E-state index is 0.0935. The highest BCUT2D eigenvalue weighted by Gasteiger charge is 2.07. The van der Waals surface area contributed by atoms with Crippen molar-refractivity contribution in [2.24, 2.45) is 5.92 Å². The molecule has 0 N–H and O–H groups in total. The van der Waals surface area contributed by atoms with Gasteiger partial charge in [0.25, 0.3) is 0 Å². The Morgan fingerprint density at radius 1 is 1.22 bits per heavy atom. The van der Waals surface area contributed by atoms with Crippen LogP contribution < -0.4 is 4.74 Å². The van der Waals surface area contributed by atoms with E-state index in [0.29, 0.717) is 5.92 Å². The van der Waals surface area contributed by atoms with Crippen molar-refractivity contribution in [1.82, 2.24) is 0 Å². The predicted molar refractivity (Wildman–Crippen MR) is 75.2 cm³/mol. The first kappa shape index (κ1) is 14.7. The van der Waals surface area contributed by atoms with Crippen LogP contribution in [0.5, 0.6) is 5.75 Å². The molecule has 2 heteroatoms. The lowest BCUT2D eigenvalue weighted by Gasteiger charge is -2.15. The first-order chi connectivity index (χ1) is 8.67. The second-order valence-corrected chi connectivity index (χ2v) is 4.81. The van der Waals surface area contributed by atoms with Crippen molar-refractivity contribution >= 4 is 5.78 Å². The molecule has 1 atom stereocenters. The lowest BCUT2D eigenvalue weighted by atomic mass is 10.0. The van der Waals surface area contributed by atoms with E-state index in [1.807, 2.05) is 24.3 Å². The highest BCUT2D eigenvalue weighted by Crippen LogP contribution is 2.17. The molecular weight excluding hydrogens is 224 g/mol. The summed E-state index contributed by atoms with van der Waals surface area (Å²) in [5, 5.41) is 0. The van der Waals surface area contributed by atoms with Crippen LogP contribution >= 0.6 is 0 Å². The topological polar surface area (TPSA) is 26.3 Å². The molecule has 0 aromatic heterocycles. The summed E-state index contributed by atoms with van der Waals surface area (Å²) in [5.41, 5.74) is 0.736. The molecule has 100 valence electrons. The Kier molecular flexibility index (Phi) is 6.48. The molecule has 0 aliphatic heterocycles. The van der Waals surface area contributed by atoms with E-state index in [4.69, 9.17) is 4.74 Å². The second kappa shape index (κ2) is 7.91. The summed E-state index contributed by atoms with van der Waals surface area (Å²) in [7, 11) is 0. The monoisotopic (exact) mass is 248 g/mol. The molecule has 0 radical (unpaired) electrons. The fourth-order valence-corrected chi connectivity index (χ4v) is 1.90. The van der Waals surface area contributed by atoms with E-state index in [1.165, 1.54) is 19.3 Å². The van der Waals surface area contributed by atoms with Crippen LogP contribution in [0.15, 0.2) is 24.3 Å². The molecule has 1 rings (SSSR count). The number of Topliss-reactive ketones (excluding diaryl/α,β-unsaturated/α-hetero) is 1. The first-order valence-electron chi connectivity index (χ1n) is 6.91. The van der Waals surface area contributed by atoms with Gasteiger partial charge in [-0.3, -0.25) is 4.79 Å². The van der Waals surface area contributed by atoms with Crippen LogP contribution in [0.2, 0.25) is 0 Å². The van der Waals surface area contributed by atoms with Gasteiger partial charge in [0.15, 0.2) is 5.78 Å². The molecule has 2 nitrogen and oxygen atoms in total. The number of carbonyl (C=O) groups excluding carboxylic acids is 1. The third-order valence-electron chi connectivity index (χ3n) is 3.29. The molecule has 1 unspecified atom stereocenters. The summed E-state index contributed by atoms with van der Waals surface area (Å²) in [6.07, 6.45) is 4.90. The van der Waals surface area contributed by atoms with Crippen molar-refractivity contribution in [3.63, 3.8) is 0 Å². The smallest absolute Gasteiger partial charge is 0.159 e. The number of carbonyl (C=O) groups is 1. The number of benzene rings is 1. The van der Waals surface area contributed by atoms with Gasteiger partial charge in [-0.15, -0.1) is 0 Å². The maximum atomic E-state index is 11.1. The third-order valence-corrected chi connectivity index (χ3v) is 3.29. The van der Waals surface area contributed by atoms with Gasteiger partial charge in [0, 0.05) is 5.56 Å². The van der Waals surface area contributed by atoms with E-state index in [0.717, 1.165) is 24.3 Å². The molecule has 18 heavy (non-hydrogen) atoms. The van der Waals surface area contributed by atoms with E-state index in [2.05, 4.69) is 13.8 Å². The second-order valence-electron chi connectivity index (χ2n) is 4.81. The van der Waals surface area contributed by atoms with E-state index in [-0.39, 0.29) is 5.78 Å². The van der Waals surface area contributed by atoms with Gasteiger partial charge in [0.2, 0.25) is 0 Å². The van der Waals surface area contributed by atoms with Crippen molar-refractivity contribution in [3.05, 3.63) is 29.8 Å². The number of rotatable bonds is 8. The zero-order chi connectivity index (χ0) is 13.4. The van der Waals surface area contributed by atoms with E-state index in [9.17, 15) is 4.79 Å². The lowest BCUT2D eigenvalue weighted by Crippen LogP contribution is -2.11. The van der Waals surface area contributed by atoms with Crippen LogP contribution in [0.4, 0.5) is 0 Å². The number of ether oxygens (including phenoxy) is 1. The quantitative estimate of drug-likeness (QED) is 0.634. The molecule has 0 amide bonds. The van der Waals surface area contributed by atoms with Gasteiger partial charge < -0.3 is 4.74 Å². The molecule has 0 fully saturated rings. The molecule has 0 saturated carbocycles. The number of ketones is 1. The summed E-state index contributed by atoms with van der Waals surface area (Å²) in [5.74, 6) is 1.59. The summed E-state index contributed by atoms with van der Waals surface area (Å²) >= 11 is 0. The summed E-state index contributed by atoms with van der Waals surface area (Å²) < 4.78 is 5.78. The Morgan fingerprint density at radius 2 is 1.89 bits per heavy atom. The molecule has 1 aromatic carbocycles. The molecule has 1 aromatic rings. The van der Waals surface area contributed by atoms with Gasteiger partial charge in [-0.2, -0.15) is 0 Å². The van der Waals surface area contributed by atoms with E-state index < -0.39 is 0 Å². The Labute approximate surface area is 110 Å². The minimum Gasteiger partial charge on any atom is -0.493 e. The van der Waals surface area contributed by atoms with Crippen LogP contribution in [0.3, 0.4) is 0 Å². The largest absolute Gasteiger partial charge is 0.493 e. The van der Waals surface area contributed by atoms with Crippen LogP contribution in [-0.2, 0) is 0 Å². The SMILES string of the molecule is CCCCC(CC)COc1ccc(C(C)=O)cc1. The first-order valence-corrected chi connectivity index (χ1v) is 6.91. The molecule has 0 heterocycles. The van der Waals surface area contributed by atoms with Gasteiger partial charge in [0.05, 0.1) is 6.61 Å². The lowest BCUT2D eigenvalue weighted by molar-refractivity contribution is 0.101. The maximum Gasteiger partial charge on any atom is 0.159 e. The third kappa shape index (κ3) is 4.91. The molecule has 0 aliphatic carbocycles. The van der Waals surface area contributed by atoms with Crippen molar-refractivity contribution < 1.29 is 9.53 Å². The van der Waals surface area contributed by atoms with Crippen molar-refractivity contribution in [2.45, 2.75) is 46.5 Å². The van der Waals surface area contributed by atoms with Gasteiger partial charge >= 0.3 is 0 Å². The summed E-state index contributed by atoms with van der Waals surface area (Å²) in [6.45, 7) is 6.78. The Bertz CT molecular complexity index is 354. The van der Waals surface area contributed by atoms with Gasteiger partial charge in [-0.05, 0) is 43.5 Å². The van der Waals surface area contributed by atoms with Crippen LogP contribution in [0.25, 0.3) is 0 Å². The Hall–Kier alpha value is -1.31. The predicted octanol–water partition coefficient (Wildman–Crippen LogP) is 4.48. The van der Waals surface area contributed by atoms with Crippen LogP contribution in [-0.4, -0.2) is 12.4 Å². The Morgan fingerprint density at radius 3 is 2.39 bits per heavy atom. The zero-order valence-corrected chi connectivity index (χ0v) is 11.7. The van der Waals surface area contributed by atoms with Gasteiger partial charge in [0.1, 0.15) is 5.75 Å². The number of hydrogen-bond donors (Lipinski definition) is 0. The van der Waals surface area contributed by atoms with Crippen molar-refractivity contribution in [1.29, 1.82) is 0 Å². The number of hydrogen-bond acceptors (Lipinski definition) is 2. The van der Waals surface area contributed by atoms with Gasteiger partial charge in [-0.25, -0.2) is 0 Å². The molecule has 0 aliphatic rings. The highest BCUT2D eigenvalue weighted by atomic mass is 16.5. The minimum absolute atomic E-state index is 0.0935.